The number of pyridine rings is 1. The van der Waals surface area contributed by atoms with Gasteiger partial charge in [0.2, 0.25) is 11.8 Å². The Labute approximate surface area is 220 Å². The van der Waals surface area contributed by atoms with Gasteiger partial charge >= 0.3 is 0 Å². The fourth-order valence-electron chi connectivity index (χ4n) is 4.94. The van der Waals surface area contributed by atoms with Gasteiger partial charge in [0.25, 0.3) is 5.91 Å². The Hall–Kier alpha value is -4.23. The number of rotatable bonds is 11. The van der Waals surface area contributed by atoms with Crippen LogP contribution in [0.1, 0.15) is 65.7 Å². The molecule has 2 N–H and O–H groups in total. The highest BCUT2D eigenvalue weighted by Gasteiger charge is 2.39. The molecule has 2 aromatic heterocycles. The smallest absolute Gasteiger partial charge is 0.255 e. The lowest BCUT2D eigenvalue weighted by molar-refractivity contribution is -0.136. The van der Waals surface area contributed by atoms with Crippen molar-refractivity contribution < 1.29 is 19.1 Å². The van der Waals surface area contributed by atoms with Crippen LogP contribution in [-0.4, -0.2) is 51.2 Å². The summed E-state index contributed by atoms with van der Waals surface area (Å²) in [7, 11) is 0. The second-order valence-corrected chi connectivity index (χ2v) is 9.68. The zero-order chi connectivity index (χ0) is 26.5. The van der Waals surface area contributed by atoms with Gasteiger partial charge in [-0.1, -0.05) is 12.8 Å². The Kier molecular flexibility index (Phi) is 7.65. The number of amides is 3. The first-order valence-electron chi connectivity index (χ1n) is 13.0. The quantitative estimate of drug-likeness (QED) is 0.297. The first-order chi connectivity index (χ1) is 18.5. The summed E-state index contributed by atoms with van der Waals surface area (Å²) in [4.78, 5) is 42.5. The molecule has 10 nitrogen and oxygen atoms in total. The van der Waals surface area contributed by atoms with Gasteiger partial charge in [-0.3, -0.25) is 19.7 Å². The molecule has 5 rings (SSSR count). The number of nitriles is 1. The van der Waals surface area contributed by atoms with E-state index in [1.807, 2.05) is 22.9 Å². The number of ether oxygens (including phenoxy) is 1. The van der Waals surface area contributed by atoms with E-state index in [4.69, 9.17) is 10.00 Å². The van der Waals surface area contributed by atoms with E-state index in [2.05, 4.69) is 21.7 Å². The van der Waals surface area contributed by atoms with Crippen LogP contribution in [0, 0.1) is 11.3 Å². The van der Waals surface area contributed by atoms with Crippen molar-refractivity contribution >= 4 is 23.4 Å². The van der Waals surface area contributed by atoms with Crippen LogP contribution in [0.3, 0.4) is 0 Å². The molecule has 0 aliphatic carbocycles. The zero-order valence-electron chi connectivity index (χ0n) is 21.1. The van der Waals surface area contributed by atoms with Gasteiger partial charge in [0.05, 0.1) is 23.9 Å². The van der Waals surface area contributed by atoms with Gasteiger partial charge in [0.15, 0.2) is 0 Å². The lowest BCUT2D eigenvalue weighted by Gasteiger charge is -2.29. The number of hydrogen-bond acceptors (Lipinski definition) is 7. The van der Waals surface area contributed by atoms with E-state index in [1.165, 1.54) is 0 Å². The van der Waals surface area contributed by atoms with E-state index in [9.17, 15) is 14.4 Å². The highest BCUT2D eigenvalue weighted by Crippen LogP contribution is 2.30. The first kappa shape index (κ1) is 25.4. The molecule has 2 aliphatic heterocycles. The normalized spacial score (nSPS) is 17.0. The van der Waals surface area contributed by atoms with Crippen molar-refractivity contribution in [2.45, 2.75) is 57.7 Å². The maximum Gasteiger partial charge on any atom is 0.255 e. The summed E-state index contributed by atoms with van der Waals surface area (Å²) >= 11 is 0. The number of fused-ring (bicyclic) bond motifs is 2. The zero-order valence-corrected chi connectivity index (χ0v) is 21.1. The minimum Gasteiger partial charge on any atom is -0.494 e. The molecule has 0 saturated carbocycles. The number of carbonyl (C=O) groups is 3. The van der Waals surface area contributed by atoms with Gasteiger partial charge in [-0.05, 0) is 61.7 Å². The van der Waals surface area contributed by atoms with Crippen molar-refractivity contribution in [3.63, 3.8) is 0 Å². The number of hydrogen-bond donors (Lipinski definition) is 2. The second kappa shape index (κ2) is 11.4. The monoisotopic (exact) mass is 514 g/mol. The summed E-state index contributed by atoms with van der Waals surface area (Å²) in [6, 6.07) is 10.5. The molecule has 10 heteroatoms. The third-order valence-electron chi connectivity index (χ3n) is 6.96. The average Bonchev–Trinajstić information content (AvgIpc) is 3.47. The third kappa shape index (κ3) is 5.68. The van der Waals surface area contributed by atoms with Crippen molar-refractivity contribution in [2.24, 2.45) is 0 Å². The van der Waals surface area contributed by atoms with E-state index in [-0.39, 0.29) is 18.2 Å². The summed E-state index contributed by atoms with van der Waals surface area (Å²) in [5.74, 6) is -0.150. The summed E-state index contributed by atoms with van der Waals surface area (Å²) in [6.45, 7) is 2.54. The Morgan fingerprint density at radius 2 is 2.00 bits per heavy atom. The number of nitrogens with zero attached hydrogens (tertiary/aromatic N) is 4. The van der Waals surface area contributed by atoms with Crippen LogP contribution in [0.4, 0.5) is 0 Å². The SMILES string of the molecule is N#Cc1ccn2cc(CNCCCCCCOc3ccc4c(c3)CN(C3CCC(=O)NC3=O)C4=O)nc2c1. The van der Waals surface area contributed by atoms with E-state index >= 15 is 0 Å². The Morgan fingerprint density at radius 3 is 2.84 bits per heavy atom. The molecule has 0 spiro atoms. The number of piperidine rings is 1. The predicted octanol–water partition coefficient (Wildman–Crippen LogP) is 2.70. The number of aromatic nitrogens is 2. The van der Waals surface area contributed by atoms with Crippen molar-refractivity contribution in [1.29, 1.82) is 5.26 Å². The minimum atomic E-state index is -0.608. The molecule has 1 atom stereocenters. The number of carbonyl (C=O) groups excluding carboxylic acids is 3. The summed E-state index contributed by atoms with van der Waals surface area (Å²) in [5.41, 5.74) is 3.77. The molecule has 0 radical (unpaired) electrons. The van der Waals surface area contributed by atoms with Gasteiger partial charge in [-0.2, -0.15) is 5.26 Å². The Balaban J connectivity index is 0.979. The van der Waals surface area contributed by atoms with Gasteiger partial charge < -0.3 is 19.4 Å². The van der Waals surface area contributed by atoms with E-state index < -0.39 is 11.9 Å². The number of benzene rings is 1. The number of nitrogens with one attached hydrogen (secondary N) is 2. The fourth-order valence-corrected chi connectivity index (χ4v) is 4.94. The topological polar surface area (TPSA) is 129 Å². The predicted molar refractivity (Wildman–Crippen MR) is 138 cm³/mol. The fraction of sp³-hybridized carbons (Fsp3) is 0.393. The summed E-state index contributed by atoms with van der Waals surface area (Å²) in [6.07, 6.45) is 8.57. The molecule has 0 bridgehead atoms. The molecular weight excluding hydrogens is 484 g/mol. The van der Waals surface area contributed by atoms with Crippen LogP contribution in [-0.2, 0) is 22.7 Å². The van der Waals surface area contributed by atoms with Gasteiger partial charge in [0, 0.05) is 37.5 Å². The maximum absolute atomic E-state index is 12.8. The first-order valence-corrected chi connectivity index (χ1v) is 13.0. The average molecular weight is 515 g/mol. The highest BCUT2D eigenvalue weighted by molar-refractivity contribution is 6.05. The largest absolute Gasteiger partial charge is 0.494 e. The molecule has 1 saturated heterocycles. The van der Waals surface area contributed by atoms with E-state index in [1.54, 1.807) is 29.2 Å². The maximum atomic E-state index is 12.8. The third-order valence-corrected chi connectivity index (χ3v) is 6.96. The number of unbranched alkanes of at least 4 members (excludes halogenated alkanes) is 3. The molecule has 1 fully saturated rings. The summed E-state index contributed by atoms with van der Waals surface area (Å²) < 4.78 is 7.83. The van der Waals surface area contributed by atoms with Crippen LogP contribution >= 0.6 is 0 Å². The minimum absolute atomic E-state index is 0.177. The van der Waals surface area contributed by atoms with Crippen LogP contribution in [0.25, 0.3) is 5.65 Å². The highest BCUT2D eigenvalue weighted by atomic mass is 16.5. The van der Waals surface area contributed by atoms with Crippen molar-refractivity contribution in [3.8, 4) is 11.8 Å². The molecule has 3 amide bonds. The molecule has 196 valence electrons. The van der Waals surface area contributed by atoms with Gasteiger partial charge in [-0.25, -0.2) is 4.98 Å². The van der Waals surface area contributed by atoms with Crippen molar-refractivity contribution in [2.75, 3.05) is 13.2 Å². The standard InChI is InChI=1S/C28H30N6O4/c29-15-19-9-11-33-18-21(31-25(33)13-19)16-30-10-3-1-2-4-12-38-22-5-6-23-20(14-22)17-34(28(23)37)24-7-8-26(35)32-27(24)36/h5-6,9,11,13-14,18,24,30H,1-4,7-8,10,12,16-17H2,(H,32,35,36). The Bertz CT molecular complexity index is 1410. The Morgan fingerprint density at radius 1 is 1.13 bits per heavy atom. The second-order valence-electron chi connectivity index (χ2n) is 9.68. The van der Waals surface area contributed by atoms with E-state index in [0.717, 1.165) is 54.9 Å². The van der Waals surface area contributed by atoms with Gasteiger partial charge in [-0.15, -0.1) is 0 Å². The van der Waals surface area contributed by atoms with Crippen molar-refractivity contribution in [3.05, 3.63) is 65.1 Å². The van der Waals surface area contributed by atoms with E-state index in [0.29, 0.717) is 37.2 Å². The molecule has 1 aromatic carbocycles. The molecule has 1 unspecified atom stereocenters. The van der Waals surface area contributed by atoms with Crippen molar-refractivity contribution in [1.82, 2.24) is 24.9 Å². The molecular formula is C28H30N6O4. The van der Waals surface area contributed by atoms with Crippen LogP contribution in [0.5, 0.6) is 5.75 Å². The number of imide groups is 1. The van der Waals surface area contributed by atoms with Crippen LogP contribution in [0.15, 0.2) is 42.7 Å². The van der Waals surface area contributed by atoms with Crippen LogP contribution < -0.4 is 15.4 Å². The molecule has 3 aromatic rings. The molecule has 2 aliphatic rings. The lowest BCUT2D eigenvalue weighted by atomic mass is 10.0. The summed E-state index contributed by atoms with van der Waals surface area (Å²) in [5, 5.41) is 14.8. The van der Waals surface area contributed by atoms with Crippen LogP contribution in [0.2, 0.25) is 0 Å². The number of imidazole rings is 1. The lowest BCUT2D eigenvalue weighted by Crippen LogP contribution is -2.52. The van der Waals surface area contributed by atoms with Gasteiger partial charge in [0.1, 0.15) is 17.4 Å². The molecule has 38 heavy (non-hydrogen) atoms. The molecule has 4 heterocycles.